The van der Waals surface area contributed by atoms with Crippen molar-refractivity contribution in [2.75, 3.05) is 5.75 Å². The fourth-order valence-electron chi connectivity index (χ4n) is 2.67. The molecule has 0 saturated heterocycles. The molecule has 30 heavy (non-hydrogen) atoms. The summed E-state index contributed by atoms with van der Waals surface area (Å²) in [5, 5.41) is 13.2. The van der Waals surface area contributed by atoms with Gasteiger partial charge in [0.1, 0.15) is 5.76 Å². The molecule has 150 valence electrons. The molecule has 4 rings (SSSR count). The van der Waals surface area contributed by atoms with E-state index in [1.54, 1.807) is 24.5 Å². The largest absolute Gasteiger partial charge is 0.463 e. The molecule has 0 atom stereocenters. The lowest BCUT2D eigenvalue weighted by molar-refractivity contribution is -0.118. The normalized spacial score (nSPS) is 11.1. The van der Waals surface area contributed by atoms with Gasteiger partial charge in [0, 0.05) is 23.6 Å². The zero-order valence-electron chi connectivity index (χ0n) is 16.1. The predicted molar refractivity (Wildman–Crippen MR) is 114 cm³/mol. The van der Waals surface area contributed by atoms with E-state index in [-0.39, 0.29) is 11.7 Å². The van der Waals surface area contributed by atoms with Gasteiger partial charge in [0.2, 0.25) is 0 Å². The van der Waals surface area contributed by atoms with Crippen LogP contribution < -0.4 is 5.43 Å². The maximum Gasteiger partial charge on any atom is 0.250 e. The zero-order valence-corrected chi connectivity index (χ0v) is 16.9. The van der Waals surface area contributed by atoms with Crippen molar-refractivity contribution in [3.63, 3.8) is 0 Å². The lowest BCUT2D eigenvalue weighted by atomic mass is 10.2. The SMILES string of the molecule is Cc1ccc(-n2c(SCC(=O)N/N=C\c3ccco3)nnc2-c2ccncc2)cc1. The number of thioether (sulfide) groups is 1. The number of amides is 1. The summed E-state index contributed by atoms with van der Waals surface area (Å²) in [6.45, 7) is 2.03. The second-order valence-corrected chi connectivity index (χ2v) is 7.25. The maximum atomic E-state index is 12.2. The first-order valence-corrected chi connectivity index (χ1v) is 10.1. The fraction of sp³-hybridized carbons (Fsp3) is 0.0952. The molecule has 8 nitrogen and oxygen atoms in total. The number of aryl methyl sites for hydroxylation is 1. The summed E-state index contributed by atoms with van der Waals surface area (Å²) in [5.41, 5.74) is 5.43. The van der Waals surface area contributed by atoms with E-state index < -0.39 is 0 Å². The van der Waals surface area contributed by atoms with Crippen molar-refractivity contribution in [3.05, 3.63) is 78.5 Å². The molecule has 0 fully saturated rings. The third-order valence-corrected chi connectivity index (χ3v) is 5.05. The van der Waals surface area contributed by atoms with Gasteiger partial charge in [-0.25, -0.2) is 5.43 Å². The lowest BCUT2D eigenvalue weighted by Crippen LogP contribution is -2.19. The molecule has 0 saturated carbocycles. The Kier molecular flexibility index (Phi) is 6.00. The molecule has 0 aliphatic heterocycles. The molecule has 0 unspecified atom stereocenters. The molecule has 4 aromatic rings. The van der Waals surface area contributed by atoms with Crippen LogP contribution in [0.15, 0.2) is 81.9 Å². The number of aromatic nitrogens is 4. The second-order valence-electron chi connectivity index (χ2n) is 6.31. The number of nitrogens with one attached hydrogen (secondary N) is 1. The summed E-state index contributed by atoms with van der Waals surface area (Å²) in [4.78, 5) is 16.2. The minimum atomic E-state index is -0.258. The highest BCUT2D eigenvalue weighted by molar-refractivity contribution is 7.99. The van der Waals surface area contributed by atoms with E-state index in [9.17, 15) is 4.79 Å². The van der Waals surface area contributed by atoms with Gasteiger partial charge in [-0.1, -0.05) is 29.5 Å². The van der Waals surface area contributed by atoms with Crippen molar-refractivity contribution in [2.24, 2.45) is 5.10 Å². The van der Waals surface area contributed by atoms with E-state index >= 15 is 0 Å². The van der Waals surface area contributed by atoms with Crippen molar-refractivity contribution in [2.45, 2.75) is 12.1 Å². The number of carbonyl (C=O) groups is 1. The van der Waals surface area contributed by atoms with Crippen molar-refractivity contribution in [1.82, 2.24) is 25.2 Å². The van der Waals surface area contributed by atoms with Crippen molar-refractivity contribution in [3.8, 4) is 17.1 Å². The number of hydrogen-bond acceptors (Lipinski definition) is 7. The molecular weight excluding hydrogens is 400 g/mol. The van der Waals surface area contributed by atoms with E-state index in [1.807, 2.05) is 47.9 Å². The van der Waals surface area contributed by atoms with Crippen LogP contribution in [0, 0.1) is 6.92 Å². The Morgan fingerprint density at radius 3 is 2.70 bits per heavy atom. The molecule has 3 heterocycles. The highest BCUT2D eigenvalue weighted by Crippen LogP contribution is 2.27. The lowest BCUT2D eigenvalue weighted by Gasteiger charge is -2.10. The Bertz CT molecular complexity index is 1140. The quantitative estimate of drug-likeness (QED) is 0.280. The molecular formula is C21H18N6O2S. The Labute approximate surface area is 177 Å². The highest BCUT2D eigenvalue weighted by Gasteiger charge is 2.17. The number of pyridine rings is 1. The van der Waals surface area contributed by atoms with Crippen LogP contribution in [-0.2, 0) is 4.79 Å². The molecule has 0 spiro atoms. The Hall–Kier alpha value is -3.72. The number of carbonyl (C=O) groups excluding carboxylic acids is 1. The first-order valence-electron chi connectivity index (χ1n) is 9.12. The van der Waals surface area contributed by atoms with Crippen LogP contribution in [0.2, 0.25) is 0 Å². The van der Waals surface area contributed by atoms with Gasteiger partial charge in [-0.05, 0) is 43.3 Å². The first-order chi connectivity index (χ1) is 14.7. The van der Waals surface area contributed by atoms with Gasteiger partial charge in [0.15, 0.2) is 11.0 Å². The van der Waals surface area contributed by atoms with Gasteiger partial charge >= 0.3 is 0 Å². The van der Waals surface area contributed by atoms with Gasteiger partial charge in [0.05, 0.1) is 18.2 Å². The zero-order chi connectivity index (χ0) is 20.8. The topological polar surface area (TPSA) is 98.2 Å². The summed E-state index contributed by atoms with van der Waals surface area (Å²) in [7, 11) is 0. The minimum Gasteiger partial charge on any atom is -0.463 e. The second kappa shape index (κ2) is 9.19. The standard InChI is InChI=1S/C21H18N6O2S/c1-15-4-6-17(7-5-15)27-20(16-8-10-22-11-9-16)25-26-21(27)30-14-19(28)24-23-13-18-3-2-12-29-18/h2-13H,14H2,1H3,(H,24,28)/b23-13-. The average molecular weight is 418 g/mol. The number of rotatable bonds is 7. The monoisotopic (exact) mass is 418 g/mol. The van der Waals surface area contributed by atoms with Crippen molar-refractivity contribution < 1.29 is 9.21 Å². The number of furan rings is 1. The van der Waals surface area contributed by atoms with Crippen LogP contribution in [0.25, 0.3) is 17.1 Å². The van der Waals surface area contributed by atoms with Gasteiger partial charge in [0.25, 0.3) is 5.91 Å². The average Bonchev–Trinajstić information content (AvgIpc) is 3.43. The summed E-state index contributed by atoms with van der Waals surface area (Å²) < 4.78 is 7.06. The maximum absolute atomic E-state index is 12.2. The van der Waals surface area contributed by atoms with Crippen LogP contribution >= 0.6 is 11.8 Å². The predicted octanol–water partition coefficient (Wildman–Crippen LogP) is 3.47. The van der Waals surface area contributed by atoms with Gasteiger partial charge < -0.3 is 4.42 Å². The van der Waals surface area contributed by atoms with Crippen LogP contribution in [0.4, 0.5) is 0 Å². The molecule has 1 N–H and O–H groups in total. The van der Waals surface area contributed by atoms with Crippen LogP contribution in [0.3, 0.4) is 0 Å². The number of hydrazone groups is 1. The molecule has 3 aromatic heterocycles. The number of nitrogens with zero attached hydrogens (tertiary/aromatic N) is 5. The van der Waals surface area contributed by atoms with E-state index in [0.717, 1.165) is 16.8 Å². The summed E-state index contributed by atoms with van der Waals surface area (Å²) in [6.07, 6.45) is 6.40. The van der Waals surface area contributed by atoms with Gasteiger partial charge in [-0.3, -0.25) is 14.3 Å². The third-order valence-electron chi connectivity index (χ3n) is 4.12. The Balaban J connectivity index is 1.53. The van der Waals surface area contributed by atoms with Crippen LogP contribution in [-0.4, -0.2) is 37.6 Å². The first kappa shape index (κ1) is 19.6. The van der Waals surface area contributed by atoms with E-state index in [1.165, 1.54) is 24.2 Å². The molecule has 0 aliphatic rings. The van der Waals surface area contributed by atoms with E-state index in [0.29, 0.717) is 16.7 Å². The van der Waals surface area contributed by atoms with Gasteiger partial charge in [-0.2, -0.15) is 5.10 Å². The summed E-state index contributed by atoms with van der Waals surface area (Å²) >= 11 is 1.28. The molecule has 0 radical (unpaired) electrons. The Morgan fingerprint density at radius 1 is 1.17 bits per heavy atom. The van der Waals surface area contributed by atoms with Crippen LogP contribution in [0.5, 0.6) is 0 Å². The third kappa shape index (κ3) is 4.64. The molecule has 1 amide bonds. The van der Waals surface area contributed by atoms with E-state index in [2.05, 4.69) is 25.7 Å². The smallest absolute Gasteiger partial charge is 0.250 e. The van der Waals surface area contributed by atoms with Gasteiger partial charge in [-0.15, -0.1) is 10.2 Å². The minimum absolute atomic E-state index is 0.135. The van der Waals surface area contributed by atoms with E-state index in [4.69, 9.17) is 4.42 Å². The number of benzene rings is 1. The molecule has 0 aliphatic carbocycles. The van der Waals surface area contributed by atoms with Crippen molar-refractivity contribution in [1.29, 1.82) is 0 Å². The van der Waals surface area contributed by atoms with Crippen LogP contribution in [0.1, 0.15) is 11.3 Å². The Morgan fingerprint density at radius 2 is 1.97 bits per heavy atom. The fourth-order valence-corrected chi connectivity index (χ4v) is 3.42. The van der Waals surface area contributed by atoms with Crippen molar-refractivity contribution >= 4 is 23.9 Å². The number of hydrogen-bond donors (Lipinski definition) is 1. The highest BCUT2D eigenvalue weighted by atomic mass is 32.2. The molecule has 9 heteroatoms. The molecule has 1 aromatic carbocycles. The summed E-state index contributed by atoms with van der Waals surface area (Å²) in [5.74, 6) is 1.12. The summed E-state index contributed by atoms with van der Waals surface area (Å²) in [6, 6.07) is 15.3. The molecule has 0 bridgehead atoms.